The lowest BCUT2D eigenvalue weighted by molar-refractivity contribution is 0.112. The molecule has 29 heavy (non-hydrogen) atoms. The van der Waals surface area contributed by atoms with Crippen LogP contribution in [-0.2, 0) is 0 Å². The molecule has 3 aliphatic rings. The first-order valence-electron chi connectivity index (χ1n) is 11.5. The number of aliphatic hydroxyl groups is 3. The maximum Gasteiger partial charge on any atom is 0.0809 e. The molecule has 3 fully saturated rings. The maximum atomic E-state index is 10.1. The van der Waals surface area contributed by atoms with Gasteiger partial charge in [0.1, 0.15) is 0 Å². The molecular weight excluding hydrogens is 360 g/mol. The van der Waals surface area contributed by atoms with Crippen molar-refractivity contribution in [2.75, 3.05) is 0 Å². The van der Waals surface area contributed by atoms with E-state index in [9.17, 15) is 15.3 Å². The van der Waals surface area contributed by atoms with Gasteiger partial charge in [-0.05, 0) is 87.0 Å². The van der Waals surface area contributed by atoms with Crippen molar-refractivity contribution in [1.29, 1.82) is 0 Å². The predicted octanol–water partition coefficient (Wildman–Crippen LogP) is 5.09. The van der Waals surface area contributed by atoms with E-state index in [2.05, 4.69) is 44.7 Å². The lowest BCUT2D eigenvalue weighted by Crippen LogP contribution is -2.35. The van der Waals surface area contributed by atoms with Crippen LogP contribution in [0.1, 0.15) is 72.1 Å². The molecule has 162 valence electrons. The molecule has 7 atom stereocenters. The summed E-state index contributed by atoms with van der Waals surface area (Å²) in [5.41, 5.74) is 3.58. The molecular formula is C26H40O3. The minimum Gasteiger partial charge on any atom is -0.393 e. The Kier molecular flexibility index (Phi) is 7.24. The highest BCUT2D eigenvalue weighted by molar-refractivity contribution is 5.29. The highest BCUT2D eigenvalue weighted by atomic mass is 16.3. The molecule has 3 N–H and O–H groups in total. The molecule has 0 aromatic rings. The van der Waals surface area contributed by atoms with Crippen molar-refractivity contribution in [3.05, 3.63) is 47.6 Å². The van der Waals surface area contributed by atoms with Crippen LogP contribution in [0.4, 0.5) is 0 Å². The predicted molar refractivity (Wildman–Crippen MR) is 119 cm³/mol. The monoisotopic (exact) mass is 400 g/mol. The topological polar surface area (TPSA) is 60.7 Å². The smallest absolute Gasteiger partial charge is 0.0809 e. The molecule has 3 rings (SSSR count). The largest absolute Gasteiger partial charge is 0.393 e. The first-order chi connectivity index (χ1) is 13.7. The summed E-state index contributed by atoms with van der Waals surface area (Å²) >= 11 is 0. The summed E-state index contributed by atoms with van der Waals surface area (Å²) in [6.45, 7) is 10.5. The molecule has 0 aliphatic heterocycles. The summed E-state index contributed by atoms with van der Waals surface area (Å²) in [5, 5.41) is 29.7. The van der Waals surface area contributed by atoms with Gasteiger partial charge in [0.05, 0.1) is 18.3 Å². The molecule has 0 spiro atoms. The van der Waals surface area contributed by atoms with Crippen LogP contribution in [-0.4, -0.2) is 33.6 Å². The lowest BCUT2D eigenvalue weighted by atomic mass is 9.61. The van der Waals surface area contributed by atoms with Crippen molar-refractivity contribution >= 4 is 0 Å². The van der Waals surface area contributed by atoms with Crippen molar-refractivity contribution < 1.29 is 15.3 Å². The number of fused-ring (bicyclic) bond motifs is 1. The third kappa shape index (κ3) is 4.95. The van der Waals surface area contributed by atoms with Crippen LogP contribution < -0.4 is 0 Å². The zero-order valence-corrected chi connectivity index (χ0v) is 18.5. The Labute approximate surface area is 176 Å². The van der Waals surface area contributed by atoms with Crippen LogP contribution in [0, 0.1) is 23.2 Å². The summed E-state index contributed by atoms with van der Waals surface area (Å²) in [7, 11) is 0. The van der Waals surface area contributed by atoms with Gasteiger partial charge >= 0.3 is 0 Å². The first kappa shape index (κ1) is 22.5. The van der Waals surface area contributed by atoms with Crippen molar-refractivity contribution in [3.8, 4) is 0 Å². The fourth-order valence-corrected chi connectivity index (χ4v) is 6.19. The van der Waals surface area contributed by atoms with Gasteiger partial charge in [0.25, 0.3) is 0 Å². The number of aliphatic hydroxyl groups excluding tert-OH is 3. The van der Waals surface area contributed by atoms with Crippen molar-refractivity contribution in [1.82, 2.24) is 0 Å². The van der Waals surface area contributed by atoms with Gasteiger partial charge in [-0.25, -0.2) is 0 Å². The van der Waals surface area contributed by atoms with Gasteiger partial charge in [0, 0.05) is 0 Å². The van der Waals surface area contributed by atoms with E-state index in [1.807, 2.05) is 6.92 Å². The van der Waals surface area contributed by atoms with Crippen molar-refractivity contribution in [3.63, 3.8) is 0 Å². The molecule has 0 heterocycles. The van der Waals surface area contributed by atoms with Gasteiger partial charge in [-0.15, -0.1) is 0 Å². The Bertz CT molecular complexity index is 670. The standard InChI is InChI=1S/C26H40O3/c1-17(7-5-8-18(2)27)22-12-13-23-21(9-6-14-26(22,23)4)11-10-20-15-24(28)19(3)25(29)16-20/h5,7,10-11,17-18,22-25,27-29H,3,6,8-9,12-16H2,1-2,4H3/b7-5+,21-11+/t17?,18-,22?,23?,24+,25+,26?/m0/s1. The van der Waals surface area contributed by atoms with Crippen molar-refractivity contribution in [2.24, 2.45) is 23.2 Å². The number of hydrogen-bond donors (Lipinski definition) is 3. The van der Waals surface area contributed by atoms with Crippen LogP contribution in [0.3, 0.4) is 0 Å². The quantitative estimate of drug-likeness (QED) is 0.563. The van der Waals surface area contributed by atoms with E-state index < -0.39 is 12.2 Å². The second kappa shape index (κ2) is 9.32. The number of hydrogen-bond acceptors (Lipinski definition) is 3. The maximum absolute atomic E-state index is 10.1. The average Bonchev–Trinajstić information content (AvgIpc) is 3.01. The fourth-order valence-electron chi connectivity index (χ4n) is 6.19. The molecule has 3 heteroatoms. The van der Waals surface area contributed by atoms with E-state index >= 15 is 0 Å². The number of allylic oxidation sites excluding steroid dienone is 4. The zero-order chi connectivity index (χ0) is 21.2. The molecule has 3 aliphatic carbocycles. The Morgan fingerprint density at radius 3 is 2.48 bits per heavy atom. The lowest BCUT2D eigenvalue weighted by Gasteiger charge is -2.44. The highest BCUT2D eigenvalue weighted by Gasteiger charge is 2.50. The molecule has 0 aromatic carbocycles. The van der Waals surface area contributed by atoms with Crippen LogP contribution in [0.25, 0.3) is 0 Å². The third-order valence-corrected chi connectivity index (χ3v) is 7.89. The van der Waals surface area contributed by atoms with Gasteiger partial charge in [0.2, 0.25) is 0 Å². The van der Waals surface area contributed by atoms with Crippen LogP contribution in [0.5, 0.6) is 0 Å². The second-order valence-corrected chi connectivity index (χ2v) is 10.0. The Morgan fingerprint density at radius 1 is 1.14 bits per heavy atom. The van der Waals surface area contributed by atoms with Gasteiger partial charge < -0.3 is 15.3 Å². The molecule has 0 bridgehead atoms. The minimum atomic E-state index is -0.620. The van der Waals surface area contributed by atoms with Crippen LogP contribution in [0.15, 0.2) is 47.6 Å². The van der Waals surface area contributed by atoms with Gasteiger partial charge in [-0.3, -0.25) is 0 Å². The summed E-state index contributed by atoms with van der Waals surface area (Å²) in [5.74, 6) is 1.87. The van der Waals surface area contributed by atoms with Gasteiger partial charge in [0.15, 0.2) is 0 Å². The Hall–Kier alpha value is -1.16. The molecule has 0 saturated heterocycles. The first-order valence-corrected chi connectivity index (χ1v) is 11.5. The zero-order valence-electron chi connectivity index (χ0n) is 18.5. The molecule has 0 radical (unpaired) electrons. The average molecular weight is 401 g/mol. The van der Waals surface area contributed by atoms with Crippen molar-refractivity contribution in [2.45, 2.75) is 90.4 Å². The van der Waals surface area contributed by atoms with Gasteiger partial charge in [-0.2, -0.15) is 0 Å². The molecule has 0 aromatic heterocycles. The second-order valence-electron chi connectivity index (χ2n) is 10.0. The molecule has 0 amide bonds. The van der Waals surface area contributed by atoms with E-state index in [0.717, 1.165) is 12.0 Å². The summed E-state index contributed by atoms with van der Waals surface area (Å²) in [6.07, 6.45) is 15.6. The summed E-state index contributed by atoms with van der Waals surface area (Å²) < 4.78 is 0. The molecule has 4 unspecified atom stereocenters. The van der Waals surface area contributed by atoms with E-state index in [0.29, 0.717) is 41.6 Å². The Morgan fingerprint density at radius 2 is 1.83 bits per heavy atom. The highest BCUT2D eigenvalue weighted by Crippen LogP contribution is 2.59. The molecule has 3 nitrogen and oxygen atoms in total. The fraction of sp³-hybridized carbons (Fsp3) is 0.692. The minimum absolute atomic E-state index is 0.267. The normalized spacial score (nSPS) is 39.0. The SMILES string of the molecule is C=C1[C@H](O)CC(=C/C=C2\CCCC3(C)C2CCC3C(C)/C=C/C[C@H](C)O)C[C@H]1O. The van der Waals surface area contributed by atoms with Crippen LogP contribution >= 0.6 is 0 Å². The summed E-state index contributed by atoms with van der Waals surface area (Å²) in [6, 6.07) is 0. The summed E-state index contributed by atoms with van der Waals surface area (Å²) in [4.78, 5) is 0. The van der Waals surface area contributed by atoms with E-state index in [-0.39, 0.29) is 6.10 Å². The van der Waals surface area contributed by atoms with E-state index in [4.69, 9.17) is 0 Å². The van der Waals surface area contributed by atoms with E-state index in [1.54, 1.807) is 5.57 Å². The third-order valence-electron chi connectivity index (χ3n) is 7.89. The van der Waals surface area contributed by atoms with Gasteiger partial charge in [-0.1, -0.05) is 55.9 Å². The number of rotatable bonds is 5. The molecule has 3 saturated carbocycles. The van der Waals surface area contributed by atoms with Crippen LogP contribution in [0.2, 0.25) is 0 Å². The Balaban J connectivity index is 1.72. The van der Waals surface area contributed by atoms with E-state index in [1.165, 1.54) is 32.1 Å².